The summed E-state index contributed by atoms with van der Waals surface area (Å²) in [6.45, 7) is 0. The Balaban J connectivity index is 2.44. The van der Waals surface area contributed by atoms with Crippen molar-refractivity contribution in [2.24, 2.45) is 0 Å². The fourth-order valence-electron chi connectivity index (χ4n) is 2.10. The molecule has 0 atom stereocenters. The SMILES string of the molecule is Clc1cc(Br)c2ncc(Br)c(-c3ccccc3)c2c1. The maximum absolute atomic E-state index is 6.16. The third kappa shape index (κ3) is 2.42. The van der Waals surface area contributed by atoms with Crippen molar-refractivity contribution in [1.82, 2.24) is 4.98 Å². The third-order valence-corrected chi connectivity index (χ3v) is 4.33. The van der Waals surface area contributed by atoms with Crippen LogP contribution in [0.1, 0.15) is 0 Å². The maximum atomic E-state index is 6.16. The molecule has 0 saturated carbocycles. The second kappa shape index (κ2) is 5.23. The maximum Gasteiger partial charge on any atom is 0.0852 e. The summed E-state index contributed by atoms with van der Waals surface area (Å²) in [4.78, 5) is 4.46. The first-order valence-corrected chi connectivity index (χ1v) is 7.62. The molecule has 3 aromatic rings. The Morgan fingerprint density at radius 1 is 0.947 bits per heavy atom. The minimum absolute atomic E-state index is 0.691. The molecule has 19 heavy (non-hydrogen) atoms. The fraction of sp³-hybridized carbons (Fsp3) is 0. The minimum atomic E-state index is 0.691. The summed E-state index contributed by atoms with van der Waals surface area (Å²) in [5, 5.41) is 1.72. The van der Waals surface area contributed by atoms with Crippen LogP contribution in [0.5, 0.6) is 0 Å². The molecule has 1 nitrogen and oxygen atoms in total. The van der Waals surface area contributed by atoms with Gasteiger partial charge in [0.05, 0.1) is 5.52 Å². The van der Waals surface area contributed by atoms with Gasteiger partial charge < -0.3 is 0 Å². The Bertz CT molecular complexity index is 757. The van der Waals surface area contributed by atoms with Gasteiger partial charge in [-0.05, 0) is 49.6 Å². The van der Waals surface area contributed by atoms with Crippen LogP contribution >= 0.6 is 43.5 Å². The van der Waals surface area contributed by atoms with Crippen molar-refractivity contribution in [3.05, 3.63) is 62.6 Å². The Kier molecular flexibility index (Phi) is 3.61. The lowest BCUT2D eigenvalue weighted by Gasteiger charge is -2.10. The number of pyridine rings is 1. The van der Waals surface area contributed by atoms with E-state index in [1.165, 1.54) is 0 Å². The highest BCUT2D eigenvalue weighted by molar-refractivity contribution is 9.11. The molecule has 0 spiro atoms. The molecule has 2 aromatic carbocycles. The van der Waals surface area contributed by atoms with Gasteiger partial charge in [0.1, 0.15) is 0 Å². The van der Waals surface area contributed by atoms with Crippen molar-refractivity contribution in [2.45, 2.75) is 0 Å². The summed E-state index contributed by atoms with van der Waals surface area (Å²) in [6.07, 6.45) is 1.82. The van der Waals surface area contributed by atoms with E-state index < -0.39 is 0 Å². The van der Waals surface area contributed by atoms with Crippen molar-refractivity contribution < 1.29 is 0 Å². The second-order valence-corrected chi connectivity index (χ2v) is 6.28. The van der Waals surface area contributed by atoms with E-state index in [-0.39, 0.29) is 0 Å². The molecule has 0 aliphatic rings. The lowest BCUT2D eigenvalue weighted by atomic mass is 10.0. The van der Waals surface area contributed by atoms with E-state index in [9.17, 15) is 0 Å². The van der Waals surface area contributed by atoms with E-state index in [1.54, 1.807) is 0 Å². The smallest absolute Gasteiger partial charge is 0.0852 e. The normalized spacial score (nSPS) is 10.9. The monoisotopic (exact) mass is 395 g/mol. The van der Waals surface area contributed by atoms with Gasteiger partial charge in [-0.2, -0.15) is 0 Å². The number of fused-ring (bicyclic) bond motifs is 1. The molecule has 1 heterocycles. The first-order valence-electron chi connectivity index (χ1n) is 5.65. The molecule has 0 fully saturated rings. The van der Waals surface area contributed by atoms with E-state index in [1.807, 2.05) is 36.5 Å². The molecule has 0 aliphatic heterocycles. The summed E-state index contributed by atoms with van der Waals surface area (Å²) < 4.78 is 1.86. The highest BCUT2D eigenvalue weighted by Gasteiger charge is 2.12. The van der Waals surface area contributed by atoms with E-state index in [0.717, 1.165) is 31.0 Å². The third-order valence-electron chi connectivity index (χ3n) is 2.91. The summed E-state index contributed by atoms with van der Waals surface area (Å²) >= 11 is 13.3. The van der Waals surface area contributed by atoms with Crippen molar-refractivity contribution >= 4 is 54.4 Å². The lowest BCUT2D eigenvalue weighted by molar-refractivity contribution is 1.38. The van der Waals surface area contributed by atoms with Gasteiger partial charge in [0.25, 0.3) is 0 Å². The van der Waals surface area contributed by atoms with Gasteiger partial charge >= 0.3 is 0 Å². The molecule has 3 rings (SSSR count). The standard InChI is InChI=1S/C15H8Br2ClN/c16-12-7-10(18)6-11-14(9-4-2-1-3-5-9)13(17)8-19-15(11)12/h1-8H. The Labute approximate surface area is 132 Å². The quantitative estimate of drug-likeness (QED) is 0.485. The molecule has 1 aromatic heterocycles. The van der Waals surface area contributed by atoms with Crippen LogP contribution in [0.3, 0.4) is 0 Å². The largest absolute Gasteiger partial charge is 0.254 e. The van der Waals surface area contributed by atoms with Crippen LogP contribution in [0.15, 0.2) is 57.6 Å². The number of hydrogen-bond donors (Lipinski definition) is 0. The number of halogens is 3. The highest BCUT2D eigenvalue weighted by atomic mass is 79.9. The highest BCUT2D eigenvalue weighted by Crippen LogP contribution is 2.38. The molecule has 0 amide bonds. The first-order chi connectivity index (χ1) is 9.16. The van der Waals surface area contributed by atoms with Crippen LogP contribution in [0, 0.1) is 0 Å². The molecular formula is C15H8Br2ClN. The van der Waals surface area contributed by atoms with Gasteiger partial charge in [-0.3, -0.25) is 4.98 Å². The molecule has 0 saturated heterocycles. The average molecular weight is 397 g/mol. The van der Waals surface area contributed by atoms with Crippen molar-refractivity contribution in [3.8, 4) is 11.1 Å². The first kappa shape index (κ1) is 13.1. The van der Waals surface area contributed by atoms with Crippen LogP contribution in [-0.2, 0) is 0 Å². The van der Waals surface area contributed by atoms with Gasteiger partial charge in [0.15, 0.2) is 0 Å². The zero-order chi connectivity index (χ0) is 13.4. The molecule has 0 N–H and O–H groups in total. The van der Waals surface area contributed by atoms with E-state index in [2.05, 4.69) is 49.0 Å². The molecular weight excluding hydrogens is 389 g/mol. The van der Waals surface area contributed by atoms with E-state index >= 15 is 0 Å². The predicted octanol–water partition coefficient (Wildman–Crippen LogP) is 6.08. The minimum Gasteiger partial charge on any atom is -0.254 e. The van der Waals surface area contributed by atoms with Crippen LogP contribution in [0.4, 0.5) is 0 Å². The molecule has 4 heteroatoms. The average Bonchev–Trinajstić information content (AvgIpc) is 2.39. The van der Waals surface area contributed by atoms with Gasteiger partial charge in [-0.15, -0.1) is 0 Å². The lowest BCUT2D eigenvalue weighted by Crippen LogP contribution is -1.88. The summed E-state index contributed by atoms with van der Waals surface area (Å²) in [6, 6.07) is 14.0. The molecule has 0 bridgehead atoms. The molecule has 0 unspecified atom stereocenters. The number of hydrogen-bond acceptors (Lipinski definition) is 1. The fourth-order valence-corrected chi connectivity index (χ4v) is 3.56. The molecule has 94 valence electrons. The van der Waals surface area contributed by atoms with Crippen LogP contribution < -0.4 is 0 Å². The van der Waals surface area contributed by atoms with Crippen molar-refractivity contribution in [2.75, 3.05) is 0 Å². The second-order valence-electron chi connectivity index (χ2n) is 4.13. The Hall–Kier alpha value is -0.900. The van der Waals surface area contributed by atoms with Gasteiger partial charge in [0, 0.05) is 31.1 Å². The van der Waals surface area contributed by atoms with Crippen molar-refractivity contribution in [3.63, 3.8) is 0 Å². The van der Waals surface area contributed by atoms with Gasteiger partial charge in [-0.1, -0.05) is 41.9 Å². The van der Waals surface area contributed by atoms with Crippen LogP contribution in [-0.4, -0.2) is 4.98 Å². The van der Waals surface area contributed by atoms with Crippen LogP contribution in [0.2, 0.25) is 5.02 Å². The zero-order valence-electron chi connectivity index (χ0n) is 9.70. The number of nitrogens with zero attached hydrogens (tertiary/aromatic N) is 1. The Morgan fingerprint density at radius 3 is 2.42 bits per heavy atom. The number of benzene rings is 2. The van der Waals surface area contributed by atoms with E-state index in [4.69, 9.17) is 11.6 Å². The molecule has 0 radical (unpaired) electrons. The van der Waals surface area contributed by atoms with E-state index in [0.29, 0.717) is 5.02 Å². The predicted molar refractivity (Wildman–Crippen MR) is 87.6 cm³/mol. The van der Waals surface area contributed by atoms with Gasteiger partial charge in [0.2, 0.25) is 0 Å². The summed E-state index contributed by atoms with van der Waals surface area (Å²) in [5.74, 6) is 0. The van der Waals surface area contributed by atoms with Gasteiger partial charge in [-0.25, -0.2) is 0 Å². The number of rotatable bonds is 1. The summed E-state index contributed by atoms with van der Waals surface area (Å²) in [5.41, 5.74) is 3.15. The molecule has 0 aliphatic carbocycles. The zero-order valence-corrected chi connectivity index (χ0v) is 13.6. The van der Waals surface area contributed by atoms with Crippen LogP contribution in [0.25, 0.3) is 22.0 Å². The summed E-state index contributed by atoms with van der Waals surface area (Å²) in [7, 11) is 0. The Morgan fingerprint density at radius 2 is 1.68 bits per heavy atom. The van der Waals surface area contributed by atoms with Crippen molar-refractivity contribution in [1.29, 1.82) is 0 Å². The topological polar surface area (TPSA) is 12.9 Å². The number of aromatic nitrogens is 1.